The molecule has 1 amide bonds. The molecule has 1 fully saturated rings. The Morgan fingerprint density at radius 3 is 2.50 bits per heavy atom. The van der Waals surface area contributed by atoms with Crippen LogP contribution in [0.1, 0.15) is 32.1 Å². The Morgan fingerprint density at radius 2 is 2.00 bits per heavy atom. The summed E-state index contributed by atoms with van der Waals surface area (Å²) in [5, 5.41) is 12.7. The minimum atomic E-state index is 0.0845. The second-order valence-electron chi connectivity index (χ2n) is 5.08. The molecule has 1 aliphatic rings. The number of hydrogen-bond donors (Lipinski definition) is 2. The zero-order valence-electron chi connectivity index (χ0n) is 10.5. The van der Waals surface area contributed by atoms with Crippen molar-refractivity contribution in [3.8, 4) is 0 Å². The van der Waals surface area contributed by atoms with Crippen LogP contribution in [0.15, 0.2) is 0 Å². The number of rotatable bonds is 6. The van der Waals surface area contributed by atoms with Crippen molar-refractivity contribution in [3.05, 3.63) is 0 Å². The molecule has 4 nitrogen and oxygen atoms in total. The molecule has 0 aliphatic heterocycles. The highest BCUT2D eigenvalue weighted by Gasteiger charge is 2.32. The van der Waals surface area contributed by atoms with Crippen molar-refractivity contribution in [1.29, 1.82) is 0 Å². The SMILES string of the molecule is CN(C)C(=O)CCNCC1(CO)CCCC1. The highest BCUT2D eigenvalue weighted by atomic mass is 16.3. The van der Waals surface area contributed by atoms with Crippen LogP contribution in [0.3, 0.4) is 0 Å². The number of hydrogen-bond acceptors (Lipinski definition) is 3. The molecule has 0 spiro atoms. The number of carbonyl (C=O) groups excluding carboxylic acids is 1. The first-order chi connectivity index (χ1) is 7.59. The average Bonchev–Trinajstić information content (AvgIpc) is 2.73. The zero-order chi connectivity index (χ0) is 12.0. The molecule has 0 bridgehead atoms. The van der Waals surface area contributed by atoms with E-state index in [1.165, 1.54) is 12.8 Å². The summed E-state index contributed by atoms with van der Waals surface area (Å²) < 4.78 is 0. The molecular weight excluding hydrogens is 204 g/mol. The van der Waals surface area contributed by atoms with Crippen LogP contribution in [0.4, 0.5) is 0 Å². The first-order valence-electron chi connectivity index (χ1n) is 6.11. The molecule has 0 unspecified atom stereocenters. The molecular formula is C12H24N2O2. The van der Waals surface area contributed by atoms with Crippen LogP contribution in [0, 0.1) is 5.41 Å². The number of nitrogens with zero attached hydrogens (tertiary/aromatic N) is 1. The molecule has 1 saturated carbocycles. The van der Waals surface area contributed by atoms with Gasteiger partial charge in [0, 0.05) is 45.6 Å². The first-order valence-corrected chi connectivity index (χ1v) is 6.11. The molecule has 0 aromatic heterocycles. The summed E-state index contributed by atoms with van der Waals surface area (Å²) in [7, 11) is 3.54. The van der Waals surface area contributed by atoms with Crippen molar-refractivity contribution >= 4 is 5.91 Å². The lowest BCUT2D eigenvalue weighted by molar-refractivity contribution is -0.128. The second-order valence-corrected chi connectivity index (χ2v) is 5.08. The Kier molecular flexibility index (Phi) is 5.22. The molecule has 2 N–H and O–H groups in total. The van der Waals surface area contributed by atoms with Gasteiger partial charge in [0.25, 0.3) is 0 Å². The van der Waals surface area contributed by atoms with Gasteiger partial charge in [-0.2, -0.15) is 0 Å². The lowest BCUT2D eigenvalue weighted by atomic mass is 9.87. The van der Waals surface area contributed by atoms with Gasteiger partial charge in [-0.15, -0.1) is 0 Å². The van der Waals surface area contributed by atoms with E-state index >= 15 is 0 Å². The summed E-state index contributed by atoms with van der Waals surface area (Å²) in [5.41, 5.74) is 0.0845. The quantitative estimate of drug-likeness (QED) is 0.655. The van der Waals surface area contributed by atoms with E-state index in [1.807, 2.05) is 0 Å². The highest BCUT2D eigenvalue weighted by molar-refractivity contribution is 5.75. The number of nitrogens with one attached hydrogen (secondary N) is 1. The monoisotopic (exact) mass is 228 g/mol. The van der Waals surface area contributed by atoms with Gasteiger partial charge in [0.1, 0.15) is 0 Å². The smallest absolute Gasteiger partial charge is 0.223 e. The van der Waals surface area contributed by atoms with Crippen LogP contribution >= 0.6 is 0 Å². The van der Waals surface area contributed by atoms with Gasteiger partial charge in [0.2, 0.25) is 5.91 Å². The van der Waals surface area contributed by atoms with Crippen molar-refractivity contribution in [2.75, 3.05) is 33.8 Å². The van der Waals surface area contributed by atoms with Crippen LogP contribution in [-0.2, 0) is 4.79 Å². The Morgan fingerprint density at radius 1 is 1.38 bits per heavy atom. The number of carbonyl (C=O) groups is 1. The van der Waals surface area contributed by atoms with Gasteiger partial charge >= 0.3 is 0 Å². The maximum Gasteiger partial charge on any atom is 0.223 e. The van der Waals surface area contributed by atoms with Gasteiger partial charge in [-0.25, -0.2) is 0 Å². The molecule has 0 heterocycles. The van der Waals surface area contributed by atoms with Crippen LogP contribution in [0.25, 0.3) is 0 Å². The predicted octanol–water partition coefficient (Wildman–Crippen LogP) is 0.607. The lowest BCUT2D eigenvalue weighted by Gasteiger charge is -2.26. The van der Waals surface area contributed by atoms with E-state index in [-0.39, 0.29) is 17.9 Å². The van der Waals surface area contributed by atoms with Crippen LogP contribution in [-0.4, -0.2) is 49.7 Å². The largest absolute Gasteiger partial charge is 0.396 e. The number of aliphatic hydroxyl groups excluding tert-OH is 1. The lowest BCUT2D eigenvalue weighted by Crippen LogP contribution is -2.36. The normalized spacial score (nSPS) is 18.7. The third-order valence-corrected chi connectivity index (χ3v) is 3.51. The summed E-state index contributed by atoms with van der Waals surface area (Å²) in [6.07, 6.45) is 5.20. The summed E-state index contributed by atoms with van der Waals surface area (Å²) in [6.45, 7) is 1.81. The summed E-state index contributed by atoms with van der Waals surface area (Å²) in [6, 6.07) is 0. The molecule has 0 aromatic rings. The topological polar surface area (TPSA) is 52.6 Å². The zero-order valence-corrected chi connectivity index (χ0v) is 10.5. The van der Waals surface area contributed by atoms with E-state index < -0.39 is 0 Å². The molecule has 4 heteroatoms. The van der Waals surface area contributed by atoms with Gasteiger partial charge in [-0.1, -0.05) is 12.8 Å². The van der Waals surface area contributed by atoms with Gasteiger partial charge in [0.15, 0.2) is 0 Å². The second kappa shape index (κ2) is 6.21. The third-order valence-electron chi connectivity index (χ3n) is 3.51. The average molecular weight is 228 g/mol. The number of amides is 1. The molecule has 94 valence electrons. The molecule has 0 saturated heterocycles. The van der Waals surface area contributed by atoms with Crippen LogP contribution in [0.2, 0.25) is 0 Å². The minimum absolute atomic E-state index is 0.0845. The van der Waals surface area contributed by atoms with Crippen molar-refractivity contribution < 1.29 is 9.90 Å². The van der Waals surface area contributed by atoms with Crippen molar-refractivity contribution in [3.63, 3.8) is 0 Å². The van der Waals surface area contributed by atoms with Gasteiger partial charge in [0.05, 0.1) is 0 Å². The van der Waals surface area contributed by atoms with E-state index in [0.717, 1.165) is 19.4 Å². The van der Waals surface area contributed by atoms with Crippen LogP contribution in [0.5, 0.6) is 0 Å². The van der Waals surface area contributed by atoms with Gasteiger partial charge in [-0.05, 0) is 12.8 Å². The van der Waals surface area contributed by atoms with E-state index in [2.05, 4.69) is 5.32 Å². The molecule has 0 atom stereocenters. The molecule has 1 aliphatic carbocycles. The van der Waals surface area contributed by atoms with E-state index in [9.17, 15) is 9.90 Å². The standard InChI is InChI=1S/C12H24N2O2/c1-14(2)11(16)5-8-13-9-12(10-15)6-3-4-7-12/h13,15H,3-10H2,1-2H3. The molecule has 16 heavy (non-hydrogen) atoms. The maximum atomic E-state index is 11.3. The molecule has 0 aromatic carbocycles. The molecule has 1 rings (SSSR count). The molecule has 0 radical (unpaired) electrons. The Bertz CT molecular complexity index is 223. The van der Waals surface area contributed by atoms with Crippen molar-refractivity contribution in [1.82, 2.24) is 10.2 Å². The third kappa shape index (κ3) is 3.76. The van der Waals surface area contributed by atoms with Crippen molar-refractivity contribution in [2.45, 2.75) is 32.1 Å². The summed E-state index contributed by atoms with van der Waals surface area (Å²) >= 11 is 0. The van der Waals surface area contributed by atoms with E-state index in [1.54, 1.807) is 19.0 Å². The Hall–Kier alpha value is -0.610. The van der Waals surface area contributed by atoms with Gasteiger partial charge < -0.3 is 15.3 Å². The number of aliphatic hydroxyl groups is 1. The Labute approximate surface area is 98.0 Å². The van der Waals surface area contributed by atoms with E-state index in [0.29, 0.717) is 13.0 Å². The fourth-order valence-corrected chi connectivity index (χ4v) is 2.29. The predicted molar refractivity (Wildman–Crippen MR) is 64.2 cm³/mol. The van der Waals surface area contributed by atoms with Crippen LogP contribution < -0.4 is 5.32 Å². The summed E-state index contributed by atoms with van der Waals surface area (Å²) in [5.74, 6) is 0.150. The Balaban J connectivity index is 2.17. The minimum Gasteiger partial charge on any atom is -0.396 e. The fourth-order valence-electron chi connectivity index (χ4n) is 2.29. The van der Waals surface area contributed by atoms with Gasteiger partial charge in [-0.3, -0.25) is 4.79 Å². The fraction of sp³-hybridized carbons (Fsp3) is 0.917. The van der Waals surface area contributed by atoms with Crippen molar-refractivity contribution in [2.24, 2.45) is 5.41 Å². The first kappa shape index (κ1) is 13.5. The summed E-state index contributed by atoms with van der Waals surface area (Å²) in [4.78, 5) is 12.9. The highest BCUT2D eigenvalue weighted by Crippen LogP contribution is 2.36. The van der Waals surface area contributed by atoms with E-state index in [4.69, 9.17) is 0 Å². The maximum absolute atomic E-state index is 11.3.